The highest BCUT2D eigenvalue weighted by atomic mass is 16.8. The highest BCUT2D eigenvalue weighted by Crippen LogP contribution is 2.25. The Morgan fingerprint density at radius 3 is 2.57 bits per heavy atom. The Morgan fingerprint density at radius 2 is 2.07 bits per heavy atom. The molecule has 1 aliphatic rings. The molecule has 1 rings (SSSR count). The third-order valence-electron chi connectivity index (χ3n) is 2.02. The second kappa shape index (κ2) is 5.63. The van der Waals surface area contributed by atoms with Crippen molar-refractivity contribution in [2.45, 2.75) is 25.4 Å². The van der Waals surface area contributed by atoms with Crippen LogP contribution in [-0.2, 0) is 18.9 Å². The van der Waals surface area contributed by atoms with E-state index in [0.29, 0.717) is 26.4 Å². The lowest BCUT2D eigenvalue weighted by Gasteiger charge is -2.28. The number of hydrogen-bond acceptors (Lipinski definition) is 5. The van der Waals surface area contributed by atoms with Crippen molar-refractivity contribution in [2.24, 2.45) is 0 Å². The molecule has 1 saturated heterocycles. The molecule has 5 nitrogen and oxygen atoms in total. The van der Waals surface area contributed by atoms with Crippen LogP contribution in [0.2, 0.25) is 0 Å². The van der Waals surface area contributed by atoms with Crippen LogP contribution in [0.15, 0.2) is 0 Å². The fourth-order valence-electron chi connectivity index (χ4n) is 1.49. The number of aliphatic hydroxyl groups excluding tert-OH is 1. The van der Waals surface area contributed by atoms with Gasteiger partial charge < -0.3 is 24.1 Å². The quantitative estimate of drug-likeness (QED) is 0.626. The zero-order chi connectivity index (χ0) is 10.4. The van der Waals surface area contributed by atoms with E-state index in [2.05, 4.69) is 0 Å². The molecule has 1 atom stereocenters. The maximum atomic E-state index is 9.46. The van der Waals surface area contributed by atoms with E-state index in [-0.39, 0.29) is 6.42 Å². The Hall–Kier alpha value is -0.200. The predicted molar refractivity (Wildman–Crippen MR) is 48.8 cm³/mol. The number of rotatable bonds is 6. The van der Waals surface area contributed by atoms with Crippen LogP contribution in [0.3, 0.4) is 0 Å². The van der Waals surface area contributed by atoms with Gasteiger partial charge in [-0.15, -0.1) is 0 Å². The number of methoxy groups -OCH3 is 1. The van der Waals surface area contributed by atoms with Crippen LogP contribution in [0.5, 0.6) is 0 Å². The first-order valence-electron chi connectivity index (χ1n) is 4.79. The molecule has 0 radical (unpaired) electrons. The average molecular weight is 206 g/mol. The first kappa shape index (κ1) is 11.9. The molecule has 5 heteroatoms. The van der Waals surface area contributed by atoms with Crippen LogP contribution < -0.4 is 0 Å². The van der Waals surface area contributed by atoms with Crippen molar-refractivity contribution in [3.63, 3.8) is 0 Å². The zero-order valence-corrected chi connectivity index (χ0v) is 8.69. The molecule has 1 heterocycles. The van der Waals surface area contributed by atoms with Crippen LogP contribution in [0.4, 0.5) is 0 Å². The molecule has 1 unspecified atom stereocenters. The van der Waals surface area contributed by atoms with Gasteiger partial charge in [-0.2, -0.15) is 0 Å². The van der Waals surface area contributed by atoms with Crippen molar-refractivity contribution in [1.29, 1.82) is 0 Å². The van der Waals surface area contributed by atoms with Gasteiger partial charge in [0.05, 0.1) is 19.6 Å². The maximum absolute atomic E-state index is 9.46. The topological polar surface area (TPSA) is 57.2 Å². The third kappa shape index (κ3) is 3.18. The van der Waals surface area contributed by atoms with E-state index < -0.39 is 12.1 Å². The summed E-state index contributed by atoms with van der Waals surface area (Å²) >= 11 is 0. The molecule has 1 N–H and O–H groups in total. The molecule has 0 amide bonds. The van der Waals surface area contributed by atoms with Gasteiger partial charge in [0.25, 0.3) is 0 Å². The number of hydrogen-bond donors (Lipinski definition) is 1. The summed E-state index contributed by atoms with van der Waals surface area (Å²) in [4.78, 5) is 0. The second-order valence-electron chi connectivity index (χ2n) is 3.15. The van der Waals surface area contributed by atoms with Crippen LogP contribution in [0.1, 0.15) is 13.3 Å². The molecule has 0 spiro atoms. The maximum Gasteiger partial charge on any atom is 0.196 e. The summed E-state index contributed by atoms with van der Waals surface area (Å²) in [6.45, 7) is 3.65. The third-order valence-corrected chi connectivity index (χ3v) is 2.02. The van der Waals surface area contributed by atoms with Crippen molar-refractivity contribution in [3.05, 3.63) is 0 Å². The molecule has 0 aliphatic carbocycles. The van der Waals surface area contributed by atoms with Crippen LogP contribution >= 0.6 is 0 Å². The molecule has 0 saturated carbocycles. The lowest BCUT2D eigenvalue weighted by Crippen LogP contribution is -2.40. The van der Waals surface area contributed by atoms with Crippen LogP contribution in [-0.4, -0.2) is 50.7 Å². The van der Waals surface area contributed by atoms with Gasteiger partial charge in [0, 0.05) is 13.7 Å². The Balaban J connectivity index is 2.42. The van der Waals surface area contributed by atoms with Gasteiger partial charge in [-0.05, 0) is 6.92 Å². The monoisotopic (exact) mass is 206 g/mol. The van der Waals surface area contributed by atoms with Crippen molar-refractivity contribution in [1.82, 2.24) is 0 Å². The minimum atomic E-state index is -0.867. The highest BCUT2D eigenvalue weighted by molar-refractivity contribution is 4.75. The van der Waals surface area contributed by atoms with Gasteiger partial charge in [-0.3, -0.25) is 0 Å². The molecular formula is C9H18O5. The predicted octanol–water partition coefficient (Wildman–Crippen LogP) is 0.121. The number of aliphatic hydroxyl groups is 1. The Kier molecular flexibility index (Phi) is 4.77. The summed E-state index contributed by atoms with van der Waals surface area (Å²) in [7, 11) is 1.57. The van der Waals surface area contributed by atoms with Gasteiger partial charge in [0.15, 0.2) is 12.1 Å². The second-order valence-corrected chi connectivity index (χ2v) is 3.15. The molecule has 84 valence electrons. The van der Waals surface area contributed by atoms with E-state index in [1.165, 1.54) is 0 Å². The van der Waals surface area contributed by atoms with E-state index in [1.807, 2.05) is 6.92 Å². The first-order valence-corrected chi connectivity index (χ1v) is 4.79. The van der Waals surface area contributed by atoms with Crippen molar-refractivity contribution < 1.29 is 24.1 Å². The molecule has 0 bridgehead atoms. The Morgan fingerprint density at radius 1 is 1.43 bits per heavy atom. The van der Waals surface area contributed by atoms with E-state index in [0.717, 1.165) is 0 Å². The van der Waals surface area contributed by atoms with Crippen LogP contribution in [0, 0.1) is 0 Å². The summed E-state index contributed by atoms with van der Waals surface area (Å²) in [6.07, 6.45) is -0.595. The lowest BCUT2D eigenvalue weighted by atomic mass is 10.2. The van der Waals surface area contributed by atoms with Crippen molar-refractivity contribution >= 4 is 0 Å². The van der Waals surface area contributed by atoms with Gasteiger partial charge in [-0.25, -0.2) is 0 Å². The van der Waals surface area contributed by atoms with Crippen molar-refractivity contribution in [3.8, 4) is 0 Å². The number of ether oxygens (including phenoxy) is 4. The standard InChI is InChI=1S/C9H18O5/c1-3-12-8(10)6-9(7-11-2)13-4-5-14-9/h8,10H,3-7H2,1-2H3. The summed E-state index contributed by atoms with van der Waals surface area (Å²) < 4.78 is 20.8. The molecule has 1 fully saturated rings. The van der Waals surface area contributed by atoms with E-state index in [4.69, 9.17) is 18.9 Å². The van der Waals surface area contributed by atoms with Gasteiger partial charge in [0.2, 0.25) is 0 Å². The zero-order valence-electron chi connectivity index (χ0n) is 8.69. The molecule has 1 aliphatic heterocycles. The van der Waals surface area contributed by atoms with Crippen LogP contribution in [0.25, 0.3) is 0 Å². The average Bonchev–Trinajstić information content (AvgIpc) is 2.54. The molecule has 0 aromatic heterocycles. The highest BCUT2D eigenvalue weighted by Gasteiger charge is 2.39. The van der Waals surface area contributed by atoms with Gasteiger partial charge in [0.1, 0.15) is 6.61 Å². The summed E-state index contributed by atoms with van der Waals surface area (Å²) in [5.74, 6) is -0.830. The summed E-state index contributed by atoms with van der Waals surface area (Å²) in [6, 6.07) is 0. The largest absolute Gasteiger partial charge is 0.379 e. The fraction of sp³-hybridized carbons (Fsp3) is 1.00. The van der Waals surface area contributed by atoms with E-state index in [9.17, 15) is 5.11 Å². The normalized spacial score (nSPS) is 22.5. The van der Waals surface area contributed by atoms with Gasteiger partial charge in [-0.1, -0.05) is 0 Å². The van der Waals surface area contributed by atoms with E-state index >= 15 is 0 Å². The minimum Gasteiger partial charge on any atom is -0.379 e. The summed E-state index contributed by atoms with van der Waals surface area (Å²) in [5.41, 5.74) is 0. The first-order chi connectivity index (χ1) is 6.72. The Labute approximate surface area is 83.9 Å². The molecule has 0 aromatic carbocycles. The van der Waals surface area contributed by atoms with Gasteiger partial charge >= 0.3 is 0 Å². The van der Waals surface area contributed by atoms with E-state index in [1.54, 1.807) is 7.11 Å². The SMILES string of the molecule is CCOC(O)CC1(COC)OCCO1. The Bertz CT molecular complexity index is 155. The smallest absolute Gasteiger partial charge is 0.196 e. The molecule has 14 heavy (non-hydrogen) atoms. The molecular weight excluding hydrogens is 188 g/mol. The minimum absolute atomic E-state index is 0.272. The van der Waals surface area contributed by atoms with Crippen molar-refractivity contribution in [2.75, 3.05) is 33.5 Å². The summed E-state index contributed by atoms with van der Waals surface area (Å²) in [5, 5.41) is 9.46. The molecule has 0 aromatic rings. The fourth-order valence-corrected chi connectivity index (χ4v) is 1.49. The lowest BCUT2D eigenvalue weighted by molar-refractivity contribution is -0.234.